The van der Waals surface area contributed by atoms with Crippen molar-refractivity contribution in [1.29, 1.82) is 0 Å². The van der Waals surface area contributed by atoms with Crippen LogP contribution in [0.1, 0.15) is 13.8 Å². The van der Waals surface area contributed by atoms with Crippen LogP contribution in [-0.4, -0.2) is 37.4 Å². The number of nitrogen functional groups attached to an aromatic ring is 1. The Bertz CT molecular complexity index is 543. The molecule has 0 saturated carbocycles. The van der Waals surface area contributed by atoms with E-state index in [-0.39, 0.29) is 17.4 Å². The van der Waals surface area contributed by atoms with Gasteiger partial charge >= 0.3 is 0 Å². The fraction of sp³-hybridized carbons (Fsp3) is 0.500. The van der Waals surface area contributed by atoms with E-state index in [4.69, 9.17) is 5.84 Å². The minimum atomic E-state index is -3.82. The molecule has 1 heterocycles. The lowest BCUT2D eigenvalue weighted by Crippen LogP contribution is -2.38. The zero-order chi connectivity index (χ0) is 15.2. The van der Waals surface area contributed by atoms with Crippen molar-refractivity contribution >= 4 is 21.9 Å². The van der Waals surface area contributed by atoms with Crippen molar-refractivity contribution in [2.75, 3.05) is 18.5 Å². The number of hydrogen-bond acceptors (Lipinski definition) is 7. The lowest BCUT2D eigenvalue weighted by molar-refractivity contribution is -0.120. The highest BCUT2D eigenvalue weighted by Gasteiger charge is 2.16. The number of nitrogens with zero attached hydrogens (tertiary/aromatic N) is 2. The summed E-state index contributed by atoms with van der Waals surface area (Å²) >= 11 is 0. The molecule has 0 aliphatic carbocycles. The van der Waals surface area contributed by atoms with Crippen LogP contribution in [0.25, 0.3) is 0 Å². The second-order valence-electron chi connectivity index (χ2n) is 4.41. The van der Waals surface area contributed by atoms with Gasteiger partial charge in [0.2, 0.25) is 21.9 Å². The van der Waals surface area contributed by atoms with Crippen LogP contribution in [0, 0.1) is 5.92 Å². The predicted molar refractivity (Wildman–Crippen MR) is 72.9 cm³/mol. The van der Waals surface area contributed by atoms with Crippen LogP contribution in [0.4, 0.5) is 5.95 Å². The third kappa shape index (κ3) is 5.07. The summed E-state index contributed by atoms with van der Waals surface area (Å²) in [5.74, 6) is 5.06. The van der Waals surface area contributed by atoms with E-state index in [0.717, 1.165) is 12.4 Å². The van der Waals surface area contributed by atoms with E-state index < -0.39 is 15.9 Å². The molecule has 0 aromatic carbocycles. The van der Waals surface area contributed by atoms with E-state index in [9.17, 15) is 13.2 Å². The number of rotatable bonds is 7. The molecule has 1 aromatic rings. The Kier molecular flexibility index (Phi) is 5.80. The maximum absolute atomic E-state index is 11.9. The summed E-state index contributed by atoms with van der Waals surface area (Å²) in [6, 6.07) is 0. The highest BCUT2D eigenvalue weighted by atomic mass is 32.2. The predicted octanol–water partition coefficient (Wildman–Crippen LogP) is -1.19. The molecule has 0 spiro atoms. The Morgan fingerprint density at radius 2 is 1.95 bits per heavy atom. The number of aromatic nitrogens is 2. The van der Waals surface area contributed by atoms with Crippen molar-refractivity contribution in [1.82, 2.24) is 20.0 Å². The number of sulfonamides is 1. The number of nitrogens with two attached hydrogens (primary N) is 1. The van der Waals surface area contributed by atoms with Gasteiger partial charge < -0.3 is 5.32 Å². The minimum Gasteiger partial charge on any atom is -0.355 e. The van der Waals surface area contributed by atoms with Gasteiger partial charge in [0.1, 0.15) is 4.90 Å². The molecule has 112 valence electrons. The van der Waals surface area contributed by atoms with Gasteiger partial charge in [0, 0.05) is 6.54 Å². The van der Waals surface area contributed by atoms with Gasteiger partial charge in [-0.25, -0.2) is 29.0 Å². The van der Waals surface area contributed by atoms with E-state index in [1.807, 2.05) is 13.8 Å². The summed E-state index contributed by atoms with van der Waals surface area (Å²) < 4.78 is 25.9. The number of anilines is 1. The highest BCUT2D eigenvalue weighted by molar-refractivity contribution is 7.89. The standard InChI is InChI=1S/C10H18N6O3S/c1-7(2)3-12-9(17)6-15-20(18,19)8-4-13-10(16-11)14-5-8/h4-5,7,15H,3,6,11H2,1-2H3,(H,12,17)(H,13,14,16). The molecule has 0 unspecified atom stereocenters. The van der Waals surface area contributed by atoms with Crippen molar-refractivity contribution in [3.63, 3.8) is 0 Å². The van der Waals surface area contributed by atoms with Gasteiger partial charge in [-0.2, -0.15) is 0 Å². The smallest absolute Gasteiger partial charge is 0.244 e. The van der Waals surface area contributed by atoms with Crippen LogP contribution in [0.3, 0.4) is 0 Å². The molecular formula is C10H18N6O3S. The number of carbonyl (C=O) groups is 1. The molecule has 0 aliphatic heterocycles. The number of hydrogen-bond donors (Lipinski definition) is 4. The quantitative estimate of drug-likeness (QED) is 0.367. The summed E-state index contributed by atoms with van der Waals surface area (Å²) in [5.41, 5.74) is 2.18. The SMILES string of the molecule is CC(C)CNC(=O)CNS(=O)(=O)c1cnc(NN)nc1. The monoisotopic (exact) mass is 302 g/mol. The summed E-state index contributed by atoms with van der Waals surface area (Å²) in [7, 11) is -3.82. The fourth-order valence-electron chi connectivity index (χ4n) is 1.15. The number of amides is 1. The van der Waals surface area contributed by atoms with Crippen molar-refractivity contribution in [3.8, 4) is 0 Å². The second-order valence-corrected chi connectivity index (χ2v) is 6.18. The lowest BCUT2D eigenvalue weighted by Gasteiger charge is -2.09. The van der Waals surface area contributed by atoms with Gasteiger partial charge in [-0.3, -0.25) is 10.2 Å². The number of carbonyl (C=O) groups excluding carboxylic acids is 1. The summed E-state index contributed by atoms with van der Waals surface area (Å²) in [4.78, 5) is 18.7. The molecule has 10 heteroatoms. The van der Waals surface area contributed by atoms with Crippen LogP contribution in [0.5, 0.6) is 0 Å². The summed E-state index contributed by atoms with van der Waals surface area (Å²) in [5, 5.41) is 2.60. The molecular weight excluding hydrogens is 284 g/mol. The van der Waals surface area contributed by atoms with Crippen LogP contribution in [-0.2, 0) is 14.8 Å². The molecule has 20 heavy (non-hydrogen) atoms. The van der Waals surface area contributed by atoms with Gasteiger partial charge in [-0.1, -0.05) is 13.8 Å². The van der Waals surface area contributed by atoms with Crippen molar-refractivity contribution in [2.24, 2.45) is 11.8 Å². The third-order valence-corrected chi connectivity index (χ3v) is 3.55. The molecule has 0 atom stereocenters. The Hall–Kier alpha value is -1.78. The van der Waals surface area contributed by atoms with Gasteiger partial charge in [0.25, 0.3) is 0 Å². The minimum absolute atomic E-state index is 0.0960. The molecule has 1 amide bonds. The van der Waals surface area contributed by atoms with Crippen molar-refractivity contribution in [3.05, 3.63) is 12.4 Å². The third-order valence-electron chi connectivity index (χ3n) is 2.20. The number of nitrogens with one attached hydrogen (secondary N) is 3. The fourth-order valence-corrected chi connectivity index (χ4v) is 2.02. The van der Waals surface area contributed by atoms with E-state index in [2.05, 4.69) is 25.4 Å². The molecule has 1 aromatic heterocycles. The topological polar surface area (TPSA) is 139 Å². The maximum atomic E-state index is 11.9. The Balaban J connectivity index is 2.58. The first-order valence-corrected chi connectivity index (χ1v) is 7.38. The van der Waals surface area contributed by atoms with Crippen LogP contribution in [0.2, 0.25) is 0 Å². The average molecular weight is 302 g/mol. The van der Waals surface area contributed by atoms with Crippen molar-refractivity contribution in [2.45, 2.75) is 18.7 Å². The first-order valence-electron chi connectivity index (χ1n) is 5.90. The van der Waals surface area contributed by atoms with Gasteiger partial charge in [-0.05, 0) is 5.92 Å². The Labute approximate surface area is 117 Å². The molecule has 0 aliphatic rings. The molecule has 0 fully saturated rings. The normalized spacial score (nSPS) is 11.4. The van der Waals surface area contributed by atoms with Gasteiger partial charge in [0.05, 0.1) is 18.9 Å². The van der Waals surface area contributed by atoms with Gasteiger partial charge in [-0.15, -0.1) is 0 Å². The molecule has 0 saturated heterocycles. The molecule has 0 radical (unpaired) electrons. The lowest BCUT2D eigenvalue weighted by atomic mass is 10.2. The van der Waals surface area contributed by atoms with E-state index in [1.54, 1.807) is 0 Å². The summed E-state index contributed by atoms with van der Waals surface area (Å²) in [6.07, 6.45) is 2.19. The van der Waals surface area contributed by atoms with Crippen LogP contribution in [0.15, 0.2) is 17.3 Å². The first kappa shape index (κ1) is 16.3. The Morgan fingerprint density at radius 3 is 2.45 bits per heavy atom. The maximum Gasteiger partial charge on any atom is 0.244 e. The molecule has 0 bridgehead atoms. The molecule has 1 rings (SSSR count). The molecule has 5 N–H and O–H groups in total. The van der Waals surface area contributed by atoms with E-state index >= 15 is 0 Å². The van der Waals surface area contributed by atoms with E-state index in [1.165, 1.54) is 0 Å². The average Bonchev–Trinajstić information content (AvgIpc) is 2.43. The Morgan fingerprint density at radius 1 is 1.35 bits per heavy atom. The van der Waals surface area contributed by atoms with Crippen LogP contribution >= 0.6 is 0 Å². The summed E-state index contributed by atoms with van der Waals surface area (Å²) in [6.45, 7) is 4.02. The van der Waals surface area contributed by atoms with E-state index in [0.29, 0.717) is 12.5 Å². The first-order chi connectivity index (χ1) is 9.35. The molecule has 9 nitrogen and oxygen atoms in total. The number of hydrazine groups is 1. The second kappa shape index (κ2) is 7.12. The van der Waals surface area contributed by atoms with Crippen LogP contribution < -0.4 is 21.3 Å². The van der Waals surface area contributed by atoms with Gasteiger partial charge in [0.15, 0.2) is 0 Å². The zero-order valence-electron chi connectivity index (χ0n) is 11.3. The highest BCUT2D eigenvalue weighted by Crippen LogP contribution is 2.06. The largest absolute Gasteiger partial charge is 0.355 e. The van der Waals surface area contributed by atoms with Crippen molar-refractivity contribution < 1.29 is 13.2 Å². The zero-order valence-corrected chi connectivity index (χ0v) is 12.1.